The molecule has 0 heterocycles. The average Bonchev–Trinajstić information content (AvgIpc) is 1.98. The van der Waals surface area contributed by atoms with Gasteiger partial charge in [-0.15, -0.1) is 0 Å². The highest BCUT2D eigenvalue weighted by molar-refractivity contribution is 4.61. The molecule has 0 aliphatic carbocycles. The van der Waals surface area contributed by atoms with Crippen LogP contribution < -0.4 is 11.1 Å². The molecule has 4 nitrogen and oxygen atoms in total. The zero-order chi connectivity index (χ0) is 7.82. The van der Waals surface area contributed by atoms with E-state index in [1.165, 1.54) is 0 Å². The molecule has 62 valence electrons. The molecule has 0 rings (SSSR count). The molecule has 0 radical (unpaired) electrons. The predicted octanol–water partition coefficient (Wildman–Crippen LogP) is -1.72. The Morgan fingerprint density at radius 1 is 1.40 bits per heavy atom. The van der Waals surface area contributed by atoms with Gasteiger partial charge < -0.3 is 21.3 Å². The van der Waals surface area contributed by atoms with Gasteiger partial charge in [-0.1, -0.05) is 0 Å². The molecule has 0 spiro atoms. The van der Waals surface area contributed by atoms with Crippen LogP contribution in [0.5, 0.6) is 0 Å². The van der Waals surface area contributed by atoms with Gasteiger partial charge in [0.25, 0.3) is 0 Å². The normalized spacial score (nSPS) is 13.5. The van der Waals surface area contributed by atoms with Crippen LogP contribution >= 0.6 is 0 Å². The molecule has 10 heavy (non-hydrogen) atoms. The average molecular weight is 148 g/mol. The Labute approximate surface area is 61.0 Å². The molecule has 0 aromatic rings. The number of aliphatic hydroxyl groups excluding tert-OH is 2. The molecule has 0 aliphatic heterocycles. The van der Waals surface area contributed by atoms with Crippen LogP contribution in [0.3, 0.4) is 0 Å². The van der Waals surface area contributed by atoms with E-state index in [1.54, 1.807) is 0 Å². The van der Waals surface area contributed by atoms with E-state index >= 15 is 0 Å². The second-order valence-corrected chi connectivity index (χ2v) is 2.22. The summed E-state index contributed by atoms with van der Waals surface area (Å²) in [5.41, 5.74) is 5.38. The predicted molar refractivity (Wildman–Crippen MR) is 39.6 cm³/mol. The van der Waals surface area contributed by atoms with Crippen molar-refractivity contribution in [2.75, 3.05) is 26.3 Å². The summed E-state index contributed by atoms with van der Waals surface area (Å²) in [6.45, 7) is 1.56. The number of nitrogens with one attached hydrogen (secondary N) is 1. The summed E-state index contributed by atoms with van der Waals surface area (Å²) in [5, 5.41) is 19.8. The third-order valence-corrected chi connectivity index (χ3v) is 1.15. The molecule has 0 bridgehead atoms. The second kappa shape index (κ2) is 6.95. The fraction of sp³-hybridized carbons (Fsp3) is 1.00. The van der Waals surface area contributed by atoms with Gasteiger partial charge in [-0.3, -0.25) is 0 Å². The van der Waals surface area contributed by atoms with Crippen molar-refractivity contribution in [2.45, 2.75) is 12.5 Å². The Bertz CT molecular complexity index is 70.8. The number of hydrogen-bond donors (Lipinski definition) is 4. The number of rotatable bonds is 6. The minimum absolute atomic E-state index is 0.00608. The van der Waals surface area contributed by atoms with Crippen LogP contribution in [0.15, 0.2) is 0 Å². The maximum Gasteiger partial charge on any atom is 0.0594 e. The van der Waals surface area contributed by atoms with E-state index in [0.29, 0.717) is 6.54 Å². The molecule has 0 saturated heterocycles. The van der Waals surface area contributed by atoms with Gasteiger partial charge in [-0.05, 0) is 13.0 Å². The van der Waals surface area contributed by atoms with Crippen LogP contribution in [-0.2, 0) is 0 Å². The van der Waals surface area contributed by atoms with Crippen molar-refractivity contribution in [3.05, 3.63) is 0 Å². The fourth-order valence-corrected chi connectivity index (χ4v) is 0.556. The van der Waals surface area contributed by atoms with Gasteiger partial charge in [0.05, 0.1) is 6.61 Å². The summed E-state index contributed by atoms with van der Waals surface area (Å²) in [6, 6.07) is -0.182. The Morgan fingerprint density at radius 3 is 2.60 bits per heavy atom. The minimum Gasteiger partial charge on any atom is -0.396 e. The highest BCUT2D eigenvalue weighted by Crippen LogP contribution is 1.74. The van der Waals surface area contributed by atoms with Gasteiger partial charge >= 0.3 is 0 Å². The summed E-state index contributed by atoms with van der Waals surface area (Å²) in [4.78, 5) is 0. The second-order valence-electron chi connectivity index (χ2n) is 2.22. The van der Waals surface area contributed by atoms with E-state index in [9.17, 15) is 0 Å². The fourth-order valence-electron chi connectivity index (χ4n) is 0.556. The van der Waals surface area contributed by atoms with Crippen LogP contribution in [0.1, 0.15) is 6.42 Å². The van der Waals surface area contributed by atoms with Crippen LogP contribution in [0, 0.1) is 0 Å². The smallest absolute Gasteiger partial charge is 0.0594 e. The van der Waals surface area contributed by atoms with Gasteiger partial charge in [0.15, 0.2) is 0 Å². The third-order valence-electron chi connectivity index (χ3n) is 1.15. The molecule has 0 fully saturated rings. The van der Waals surface area contributed by atoms with Gasteiger partial charge in [0.1, 0.15) is 0 Å². The van der Waals surface area contributed by atoms with E-state index < -0.39 is 0 Å². The van der Waals surface area contributed by atoms with Crippen molar-refractivity contribution < 1.29 is 10.2 Å². The minimum atomic E-state index is -0.182. The van der Waals surface area contributed by atoms with Crippen LogP contribution in [0.25, 0.3) is 0 Å². The van der Waals surface area contributed by atoms with E-state index in [0.717, 1.165) is 13.0 Å². The van der Waals surface area contributed by atoms with Gasteiger partial charge in [0, 0.05) is 19.2 Å². The Morgan fingerprint density at radius 2 is 2.10 bits per heavy atom. The van der Waals surface area contributed by atoms with Crippen LogP contribution in [0.4, 0.5) is 0 Å². The zero-order valence-corrected chi connectivity index (χ0v) is 6.08. The van der Waals surface area contributed by atoms with Gasteiger partial charge in [0.2, 0.25) is 0 Å². The lowest BCUT2D eigenvalue weighted by Gasteiger charge is -2.08. The lowest BCUT2D eigenvalue weighted by atomic mass is 10.3. The topological polar surface area (TPSA) is 78.5 Å². The summed E-state index contributed by atoms with van der Waals surface area (Å²) < 4.78 is 0. The lowest BCUT2D eigenvalue weighted by Crippen LogP contribution is -2.37. The maximum atomic E-state index is 8.48. The number of nitrogens with two attached hydrogens (primary N) is 1. The summed E-state index contributed by atoms with van der Waals surface area (Å²) >= 11 is 0. The first kappa shape index (κ1) is 9.84. The standard InChI is InChI=1S/C6H16N2O2/c7-6(5-10)4-8-2-1-3-9/h6,8-10H,1-5,7H2. The van der Waals surface area contributed by atoms with Crippen molar-refractivity contribution >= 4 is 0 Å². The van der Waals surface area contributed by atoms with E-state index in [4.69, 9.17) is 15.9 Å². The Balaban J connectivity index is 2.89. The lowest BCUT2D eigenvalue weighted by molar-refractivity contribution is 0.258. The summed E-state index contributed by atoms with van der Waals surface area (Å²) in [6.07, 6.45) is 0.734. The first-order chi connectivity index (χ1) is 4.81. The number of hydrogen-bond acceptors (Lipinski definition) is 4. The molecule has 5 N–H and O–H groups in total. The van der Waals surface area contributed by atoms with Crippen molar-refractivity contribution in [2.24, 2.45) is 5.73 Å². The van der Waals surface area contributed by atoms with E-state index in [2.05, 4.69) is 5.32 Å². The monoisotopic (exact) mass is 148 g/mol. The molecular formula is C6H16N2O2. The molecule has 0 amide bonds. The molecule has 0 aromatic heterocycles. The van der Waals surface area contributed by atoms with Crippen molar-refractivity contribution in [1.82, 2.24) is 5.32 Å². The largest absolute Gasteiger partial charge is 0.396 e. The van der Waals surface area contributed by atoms with Crippen molar-refractivity contribution in [3.63, 3.8) is 0 Å². The molecule has 1 unspecified atom stereocenters. The highest BCUT2D eigenvalue weighted by atomic mass is 16.3. The molecule has 0 aliphatic rings. The third kappa shape index (κ3) is 5.97. The molecule has 4 heteroatoms. The summed E-state index contributed by atoms with van der Waals surface area (Å²) in [7, 11) is 0. The summed E-state index contributed by atoms with van der Waals surface area (Å²) in [5.74, 6) is 0. The van der Waals surface area contributed by atoms with Gasteiger partial charge in [-0.2, -0.15) is 0 Å². The Hall–Kier alpha value is -0.160. The van der Waals surface area contributed by atoms with Gasteiger partial charge in [-0.25, -0.2) is 0 Å². The molecule has 0 saturated carbocycles. The quantitative estimate of drug-likeness (QED) is 0.338. The van der Waals surface area contributed by atoms with Crippen molar-refractivity contribution in [1.29, 1.82) is 0 Å². The maximum absolute atomic E-state index is 8.48. The molecule has 0 aromatic carbocycles. The van der Waals surface area contributed by atoms with E-state index in [1.807, 2.05) is 0 Å². The highest BCUT2D eigenvalue weighted by Gasteiger charge is 1.96. The first-order valence-corrected chi connectivity index (χ1v) is 3.49. The molecular weight excluding hydrogens is 132 g/mol. The zero-order valence-electron chi connectivity index (χ0n) is 6.08. The first-order valence-electron chi connectivity index (χ1n) is 3.49. The Kier molecular flexibility index (Phi) is 6.84. The van der Waals surface area contributed by atoms with Crippen LogP contribution in [-0.4, -0.2) is 42.6 Å². The SMILES string of the molecule is NC(CO)CNCCCO. The number of aliphatic hydroxyl groups is 2. The van der Waals surface area contributed by atoms with Crippen LogP contribution in [0.2, 0.25) is 0 Å². The van der Waals surface area contributed by atoms with E-state index in [-0.39, 0.29) is 19.3 Å². The van der Waals surface area contributed by atoms with Crippen molar-refractivity contribution in [3.8, 4) is 0 Å². The molecule has 1 atom stereocenters.